The summed E-state index contributed by atoms with van der Waals surface area (Å²) in [6.45, 7) is 1.55. The van der Waals surface area contributed by atoms with Gasteiger partial charge in [0.15, 0.2) is 0 Å². The molecule has 1 aliphatic rings. The molecule has 3 aromatic rings. The van der Waals surface area contributed by atoms with Gasteiger partial charge in [-0.2, -0.15) is 4.39 Å². The molecule has 0 spiro atoms. The lowest BCUT2D eigenvalue weighted by molar-refractivity contribution is 0.102. The second kappa shape index (κ2) is 9.97. The average Bonchev–Trinajstić information content (AvgIpc) is 2.77. The highest BCUT2D eigenvalue weighted by Gasteiger charge is 2.28. The largest absolute Gasteiger partial charge is 0.365 e. The molecule has 0 aliphatic heterocycles. The SMILES string of the molecule is C[C@@H]1C[C@H](N)C[C@H](c2ccncc2NC(=O)c2cccc3cc(N(C)CC(F)F)c(F)nc23)C1. The van der Waals surface area contributed by atoms with Crippen LogP contribution in [0, 0.1) is 11.9 Å². The summed E-state index contributed by atoms with van der Waals surface area (Å²) in [5, 5.41) is 3.39. The van der Waals surface area contributed by atoms with E-state index in [0.29, 0.717) is 17.0 Å². The summed E-state index contributed by atoms with van der Waals surface area (Å²) in [5.41, 5.74) is 8.09. The number of aromatic nitrogens is 2. The van der Waals surface area contributed by atoms with Crippen LogP contribution in [0.3, 0.4) is 0 Å². The van der Waals surface area contributed by atoms with E-state index < -0.39 is 24.8 Å². The Morgan fingerprint density at radius 3 is 2.79 bits per heavy atom. The number of rotatable bonds is 6. The Morgan fingerprint density at radius 2 is 2.06 bits per heavy atom. The molecule has 34 heavy (non-hydrogen) atoms. The van der Waals surface area contributed by atoms with Gasteiger partial charge in [0.25, 0.3) is 12.3 Å². The van der Waals surface area contributed by atoms with Crippen LogP contribution in [0.25, 0.3) is 10.9 Å². The van der Waals surface area contributed by atoms with Gasteiger partial charge in [-0.3, -0.25) is 9.78 Å². The zero-order valence-electron chi connectivity index (χ0n) is 19.1. The lowest BCUT2D eigenvalue weighted by Gasteiger charge is -2.32. The van der Waals surface area contributed by atoms with Crippen LogP contribution in [0.5, 0.6) is 0 Å². The minimum absolute atomic E-state index is 0.0531. The van der Waals surface area contributed by atoms with Gasteiger partial charge in [0.05, 0.1) is 35.2 Å². The maximum absolute atomic E-state index is 14.7. The number of para-hydroxylation sites is 1. The van der Waals surface area contributed by atoms with Crippen molar-refractivity contribution >= 4 is 28.2 Å². The third kappa shape index (κ3) is 5.14. The molecule has 0 radical (unpaired) electrons. The number of benzene rings is 1. The summed E-state index contributed by atoms with van der Waals surface area (Å²) in [6.07, 6.45) is 3.46. The van der Waals surface area contributed by atoms with Crippen LogP contribution in [0.1, 0.15) is 48.0 Å². The average molecular weight is 472 g/mol. The minimum Gasteiger partial charge on any atom is -0.365 e. The molecule has 1 fully saturated rings. The summed E-state index contributed by atoms with van der Waals surface area (Å²) in [7, 11) is 1.37. The second-order valence-electron chi connectivity index (χ2n) is 9.13. The van der Waals surface area contributed by atoms with E-state index in [1.54, 1.807) is 30.6 Å². The predicted octanol–water partition coefficient (Wildman–Crippen LogP) is 4.95. The molecule has 0 saturated heterocycles. The fourth-order valence-corrected chi connectivity index (χ4v) is 4.89. The normalized spacial score (nSPS) is 20.5. The van der Waals surface area contributed by atoms with E-state index >= 15 is 0 Å². The van der Waals surface area contributed by atoms with E-state index in [2.05, 4.69) is 22.2 Å². The summed E-state index contributed by atoms with van der Waals surface area (Å²) < 4.78 is 40.2. The number of nitrogens with two attached hydrogens (primary N) is 1. The van der Waals surface area contributed by atoms with Crippen LogP contribution in [0.2, 0.25) is 0 Å². The summed E-state index contributed by atoms with van der Waals surface area (Å²) >= 11 is 0. The first kappa shape index (κ1) is 23.9. The lowest BCUT2D eigenvalue weighted by atomic mass is 9.76. The number of halogens is 3. The number of pyridine rings is 2. The third-order valence-corrected chi connectivity index (χ3v) is 6.37. The first-order valence-corrected chi connectivity index (χ1v) is 11.3. The number of hydrogen-bond acceptors (Lipinski definition) is 5. The number of amides is 1. The number of nitrogens with zero attached hydrogens (tertiary/aromatic N) is 3. The summed E-state index contributed by atoms with van der Waals surface area (Å²) in [6, 6.07) is 8.31. The highest BCUT2D eigenvalue weighted by Crippen LogP contribution is 2.38. The predicted molar refractivity (Wildman–Crippen MR) is 127 cm³/mol. The fourth-order valence-electron chi connectivity index (χ4n) is 4.89. The van der Waals surface area contributed by atoms with E-state index in [9.17, 15) is 18.0 Å². The molecule has 1 aromatic carbocycles. The number of hydrogen-bond donors (Lipinski definition) is 2. The van der Waals surface area contributed by atoms with Gasteiger partial charge in [-0.1, -0.05) is 19.1 Å². The zero-order chi connectivity index (χ0) is 24.4. The van der Waals surface area contributed by atoms with E-state index in [-0.39, 0.29) is 28.7 Å². The molecule has 0 unspecified atom stereocenters. The molecule has 2 aromatic heterocycles. The first-order valence-electron chi connectivity index (χ1n) is 11.3. The van der Waals surface area contributed by atoms with Gasteiger partial charge in [-0.05, 0) is 54.9 Å². The van der Waals surface area contributed by atoms with Crippen molar-refractivity contribution in [2.45, 2.75) is 44.6 Å². The molecular formula is C25H28F3N5O. The maximum Gasteiger partial charge on any atom is 0.257 e. The quantitative estimate of drug-likeness (QED) is 0.497. The Labute approximate surface area is 196 Å². The molecule has 1 aliphatic carbocycles. The van der Waals surface area contributed by atoms with Gasteiger partial charge in [-0.15, -0.1) is 0 Å². The van der Waals surface area contributed by atoms with Crippen molar-refractivity contribution in [3.8, 4) is 0 Å². The molecular weight excluding hydrogens is 443 g/mol. The van der Waals surface area contributed by atoms with Crippen molar-refractivity contribution in [1.29, 1.82) is 0 Å². The number of carbonyl (C=O) groups excluding carboxylic acids is 1. The smallest absolute Gasteiger partial charge is 0.257 e. The molecule has 1 saturated carbocycles. The molecule has 3 N–H and O–H groups in total. The molecule has 9 heteroatoms. The van der Waals surface area contributed by atoms with E-state index in [1.165, 1.54) is 13.1 Å². The molecule has 3 atom stereocenters. The van der Waals surface area contributed by atoms with Crippen LogP contribution in [0.4, 0.5) is 24.5 Å². The van der Waals surface area contributed by atoms with Gasteiger partial charge in [-0.25, -0.2) is 13.8 Å². The molecule has 4 rings (SSSR count). The Kier molecular flexibility index (Phi) is 7.02. The van der Waals surface area contributed by atoms with Crippen molar-refractivity contribution < 1.29 is 18.0 Å². The van der Waals surface area contributed by atoms with Crippen LogP contribution in [-0.4, -0.2) is 41.9 Å². The van der Waals surface area contributed by atoms with Crippen LogP contribution < -0.4 is 16.0 Å². The maximum atomic E-state index is 14.7. The zero-order valence-corrected chi connectivity index (χ0v) is 19.1. The standard InChI is InChI=1S/C25H28F3N5O/c1-14-8-16(10-17(29)9-14)18-6-7-30-12-20(18)31-25(34)19-5-3-4-15-11-21(24(28)32-23(15)19)33(2)13-22(26)27/h3-7,11-12,14,16-17,22H,8-10,13,29H2,1-2H3,(H,31,34)/t14-,16+,17-/m0/s1. The Morgan fingerprint density at radius 1 is 1.26 bits per heavy atom. The van der Waals surface area contributed by atoms with Crippen molar-refractivity contribution in [2.24, 2.45) is 11.7 Å². The Hall–Kier alpha value is -3.20. The van der Waals surface area contributed by atoms with Crippen molar-refractivity contribution in [3.63, 3.8) is 0 Å². The monoisotopic (exact) mass is 471 g/mol. The van der Waals surface area contributed by atoms with Crippen LogP contribution in [0.15, 0.2) is 42.7 Å². The summed E-state index contributed by atoms with van der Waals surface area (Å²) in [4.78, 5) is 22.5. The lowest BCUT2D eigenvalue weighted by Crippen LogP contribution is -2.31. The number of anilines is 2. The number of carbonyl (C=O) groups is 1. The van der Waals surface area contributed by atoms with Gasteiger partial charge in [0.1, 0.15) is 0 Å². The van der Waals surface area contributed by atoms with E-state index in [0.717, 1.165) is 29.7 Å². The molecule has 180 valence electrons. The fraction of sp³-hybridized carbons (Fsp3) is 0.400. The summed E-state index contributed by atoms with van der Waals surface area (Å²) in [5.74, 6) is -0.682. The molecule has 0 bridgehead atoms. The number of nitrogens with one attached hydrogen (secondary N) is 1. The van der Waals surface area contributed by atoms with Gasteiger partial charge in [0, 0.05) is 24.7 Å². The molecule has 6 nitrogen and oxygen atoms in total. The first-order chi connectivity index (χ1) is 16.2. The van der Waals surface area contributed by atoms with Crippen molar-refractivity contribution in [3.05, 3.63) is 59.8 Å². The van der Waals surface area contributed by atoms with Crippen LogP contribution in [-0.2, 0) is 0 Å². The topological polar surface area (TPSA) is 84.1 Å². The second-order valence-corrected chi connectivity index (χ2v) is 9.13. The Bertz CT molecular complexity index is 1180. The molecule has 2 heterocycles. The number of fused-ring (bicyclic) bond motifs is 1. The molecule has 1 amide bonds. The van der Waals surface area contributed by atoms with Crippen molar-refractivity contribution in [1.82, 2.24) is 9.97 Å². The third-order valence-electron chi connectivity index (χ3n) is 6.37. The highest BCUT2D eigenvalue weighted by molar-refractivity contribution is 6.12. The van der Waals surface area contributed by atoms with Gasteiger partial charge >= 0.3 is 0 Å². The minimum atomic E-state index is -2.62. The van der Waals surface area contributed by atoms with E-state index in [4.69, 9.17) is 5.73 Å². The van der Waals surface area contributed by atoms with E-state index in [1.807, 2.05) is 6.07 Å². The Balaban J connectivity index is 1.64. The van der Waals surface area contributed by atoms with Gasteiger partial charge in [0.2, 0.25) is 5.95 Å². The highest BCUT2D eigenvalue weighted by atomic mass is 19.3. The van der Waals surface area contributed by atoms with Gasteiger partial charge < -0.3 is 16.0 Å². The number of alkyl halides is 2. The van der Waals surface area contributed by atoms with Crippen molar-refractivity contribution in [2.75, 3.05) is 23.8 Å². The van der Waals surface area contributed by atoms with Crippen LogP contribution >= 0.6 is 0 Å².